The van der Waals surface area contributed by atoms with Crippen LogP contribution < -0.4 is 5.73 Å². The van der Waals surface area contributed by atoms with E-state index in [1.807, 2.05) is 6.07 Å². The molecule has 2 aromatic rings. The van der Waals surface area contributed by atoms with E-state index in [4.69, 9.17) is 11.0 Å². The highest BCUT2D eigenvalue weighted by Crippen LogP contribution is 2.11. The minimum atomic E-state index is 0.364. The Morgan fingerprint density at radius 1 is 1.31 bits per heavy atom. The molecule has 0 fully saturated rings. The van der Waals surface area contributed by atoms with Crippen LogP contribution >= 0.6 is 0 Å². The quantitative estimate of drug-likeness (QED) is 0.641. The molecular formula is C9H6N4. The van der Waals surface area contributed by atoms with Crippen LogP contribution in [0.15, 0.2) is 24.4 Å². The molecule has 0 saturated carbocycles. The van der Waals surface area contributed by atoms with Gasteiger partial charge in [-0.05, 0) is 18.2 Å². The Bertz CT molecular complexity index is 498. The lowest BCUT2D eigenvalue weighted by Crippen LogP contribution is -1.92. The third-order valence-corrected chi connectivity index (χ3v) is 1.69. The van der Waals surface area contributed by atoms with Crippen molar-refractivity contribution in [3.8, 4) is 6.07 Å². The number of benzene rings is 1. The summed E-state index contributed by atoms with van der Waals surface area (Å²) in [5, 5.41) is 8.64. The van der Waals surface area contributed by atoms with Gasteiger partial charge in [0.25, 0.3) is 0 Å². The van der Waals surface area contributed by atoms with Crippen molar-refractivity contribution in [1.29, 1.82) is 5.26 Å². The molecule has 0 aliphatic rings. The van der Waals surface area contributed by atoms with Crippen LogP contribution in [0.5, 0.6) is 0 Å². The Labute approximate surface area is 74.6 Å². The molecule has 62 valence electrons. The first-order chi connectivity index (χ1) is 6.29. The summed E-state index contributed by atoms with van der Waals surface area (Å²) in [7, 11) is 0. The minimum absolute atomic E-state index is 0.364. The molecule has 2 N–H and O–H groups in total. The lowest BCUT2D eigenvalue weighted by Gasteiger charge is -1.97. The van der Waals surface area contributed by atoms with E-state index in [2.05, 4.69) is 9.97 Å². The third-order valence-electron chi connectivity index (χ3n) is 1.69. The average Bonchev–Trinajstić information content (AvgIpc) is 2.16. The molecule has 4 heteroatoms. The highest BCUT2D eigenvalue weighted by atomic mass is 14.9. The Kier molecular flexibility index (Phi) is 1.57. The van der Waals surface area contributed by atoms with Gasteiger partial charge in [-0.15, -0.1) is 0 Å². The zero-order chi connectivity index (χ0) is 9.26. The van der Waals surface area contributed by atoms with Gasteiger partial charge in [0, 0.05) is 0 Å². The van der Waals surface area contributed by atoms with Crippen LogP contribution in [0, 0.1) is 11.3 Å². The number of nitriles is 1. The molecule has 0 aliphatic heterocycles. The third kappa shape index (κ3) is 1.27. The standard InChI is InChI=1S/C9H6N4/c10-4-6-1-2-7-8(3-6)13-9(11)5-12-7/h1-3,5H,(H2,11,13). The van der Waals surface area contributed by atoms with Gasteiger partial charge in [0.15, 0.2) is 0 Å². The first kappa shape index (κ1) is 7.50. The van der Waals surface area contributed by atoms with Gasteiger partial charge in [-0.3, -0.25) is 4.98 Å². The van der Waals surface area contributed by atoms with E-state index in [1.165, 1.54) is 6.20 Å². The molecule has 0 atom stereocenters. The van der Waals surface area contributed by atoms with E-state index < -0.39 is 0 Å². The van der Waals surface area contributed by atoms with E-state index in [0.717, 1.165) is 5.52 Å². The maximum Gasteiger partial charge on any atom is 0.142 e. The number of aromatic nitrogens is 2. The van der Waals surface area contributed by atoms with E-state index in [-0.39, 0.29) is 0 Å². The fraction of sp³-hybridized carbons (Fsp3) is 0. The molecule has 0 amide bonds. The summed E-state index contributed by atoms with van der Waals surface area (Å²) in [5.41, 5.74) is 7.42. The monoisotopic (exact) mass is 170 g/mol. The second-order valence-corrected chi connectivity index (χ2v) is 2.61. The van der Waals surface area contributed by atoms with Crippen LogP contribution in [0.4, 0.5) is 5.82 Å². The molecule has 0 unspecified atom stereocenters. The predicted octanol–water partition coefficient (Wildman–Crippen LogP) is 1.08. The smallest absolute Gasteiger partial charge is 0.142 e. The van der Waals surface area contributed by atoms with Crippen molar-refractivity contribution in [2.24, 2.45) is 0 Å². The Morgan fingerprint density at radius 3 is 2.92 bits per heavy atom. The Balaban J connectivity index is 2.77. The molecule has 0 bridgehead atoms. The van der Waals surface area contributed by atoms with Gasteiger partial charge in [-0.25, -0.2) is 4.98 Å². The maximum absolute atomic E-state index is 8.64. The number of hydrogen-bond acceptors (Lipinski definition) is 4. The number of anilines is 1. The van der Waals surface area contributed by atoms with Crippen LogP contribution in [0.25, 0.3) is 11.0 Å². The largest absolute Gasteiger partial charge is 0.382 e. The summed E-state index contributed by atoms with van der Waals surface area (Å²) in [4.78, 5) is 8.11. The van der Waals surface area contributed by atoms with Crippen molar-refractivity contribution >= 4 is 16.9 Å². The highest BCUT2D eigenvalue weighted by Gasteiger charge is 1.98. The molecule has 1 aromatic carbocycles. The Morgan fingerprint density at radius 2 is 2.15 bits per heavy atom. The molecule has 13 heavy (non-hydrogen) atoms. The van der Waals surface area contributed by atoms with Gasteiger partial charge in [0.05, 0.1) is 28.9 Å². The molecule has 2 rings (SSSR count). The summed E-state index contributed by atoms with van der Waals surface area (Å²) in [6.45, 7) is 0. The second kappa shape index (κ2) is 2.72. The number of nitrogen functional groups attached to an aromatic ring is 1. The summed E-state index contributed by atoms with van der Waals surface area (Å²) in [5.74, 6) is 0.364. The number of nitrogens with zero attached hydrogens (tertiary/aromatic N) is 3. The Hall–Kier alpha value is -2.15. The van der Waals surface area contributed by atoms with Gasteiger partial charge in [0.2, 0.25) is 0 Å². The van der Waals surface area contributed by atoms with Gasteiger partial charge in [-0.2, -0.15) is 5.26 Å². The van der Waals surface area contributed by atoms with Crippen molar-refractivity contribution in [1.82, 2.24) is 9.97 Å². The average molecular weight is 170 g/mol. The van der Waals surface area contributed by atoms with E-state index in [0.29, 0.717) is 16.9 Å². The van der Waals surface area contributed by atoms with Crippen molar-refractivity contribution in [2.75, 3.05) is 5.73 Å². The summed E-state index contributed by atoms with van der Waals surface area (Å²) >= 11 is 0. The molecule has 0 spiro atoms. The lowest BCUT2D eigenvalue weighted by atomic mass is 10.2. The summed E-state index contributed by atoms with van der Waals surface area (Å²) in [6, 6.07) is 7.15. The molecule has 4 nitrogen and oxygen atoms in total. The van der Waals surface area contributed by atoms with E-state index in [1.54, 1.807) is 18.2 Å². The number of fused-ring (bicyclic) bond motifs is 1. The zero-order valence-electron chi connectivity index (χ0n) is 6.73. The fourth-order valence-corrected chi connectivity index (χ4v) is 1.10. The normalized spacial score (nSPS) is 9.77. The molecule has 0 radical (unpaired) electrons. The number of hydrogen-bond donors (Lipinski definition) is 1. The molecule has 0 saturated heterocycles. The maximum atomic E-state index is 8.64. The SMILES string of the molecule is N#Cc1ccc2ncc(N)nc2c1. The molecule has 1 heterocycles. The number of rotatable bonds is 0. The van der Waals surface area contributed by atoms with Crippen molar-refractivity contribution < 1.29 is 0 Å². The first-order valence-electron chi connectivity index (χ1n) is 3.72. The van der Waals surface area contributed by atoms with Crippen molar-refractivity contribution in [3.63, 3.8) is 0 Å². The van der Waals surface area contributed by atoms with Crippen LogP contribution in [-0.4, -0.2) is 9.97 Å². The predicted molar refractivity (Wildman–Crippen MR) is 48.7 cm³/mol. The summed E-state index contributed by atoms with van der Waals surface area (Å²) < 4.78 is 0. The lowest BCUT2D eigenvalue weighted by molar-refractivity contribution is 1.30. The van der Waals surface area contributed by atoms with Crippen molar-refractivity contribution in [3.05, 3.63) is 30.0 Å². The van der Waals surface area contributed by atoms with Gasteiger partial charge in [0.1, 0.15) is 5.82 Å². The zero-order valence-corrected chi connectivity index (χ0v) is 6.73. The molecule has 1 aromatic heterocycles. The fourth-order valence-electron chi connectivity index (χ4n) is 1.10. The van der Waals surface area contributed by atoms with E-state index in [9.17, 15) is 0 Å². The summed E-state index contributed by atoms with van der Waals surface area (Å²) in [6.07, 6.45) is 1.49. The second-order valence-electron chi connectivity index (χ2n) is 2.61. The molecular weight excluding hydrogens is 164 g/mol. The highest BCUT2D eigenvalue weighted by molar-refractivity contribution is 5.76. The van der Waals surface area contributed by atoms with Gasteiger partial charge < -0.3 is 5.73 Å². The first-order valence-corrected chi connectivity index (χ1v) is 3.72. The molecule has 0 aliphatic carbocycles. The van der Waals surface area contributed by atoms with Gasteiger partial charge >= 0.3 is 0 Å². The minimum Gasteiger partial charge on any atom is -0.382 e. The van der Waals surface area contributed by atoms with Crippen LogP contribution in [-0.2, 0) is 0 Å². The van der Waals surface area contributed by atoms with E-state index >= 15 is 0 Å². The van der Waals surface area contributed by atoms with Crippen LogP contribution in [0.2, 0.25) is 0 Å². The topological polar surface area (TPSA) is 75.6 Å². The van der Waals surface area contributed by atoms with Gasteiger partial charge in [-0.1, -0.05) is 0 Å². The van der Waals surface area contributed by atoms with Crippen molar-refractivity contribution in [2.45, 2.75) is 0 Å². The van der Waals surface area contributed by atoms with Crippen LogP contribution in [0.3, 0.4) is 0 Å². The number of nitrogens with two attached hydrogens (primary N) is 1. The van der Waals surface area contributed by atoms with Crippen LogP contribution in [0.1, 0.15) is 5.56 Å².